The number of rotatable bonds is 3. The molecule has 1 aromatic heterocycles. The third-order valence-electron chi connectivity index (χ3n) is 2.73. The average molecular weight is 270 g/mol. The fraction of sp³-hybridized carbons (Fsp3) is 0.556. The number of ether oxygens (including phenoxy) is 1. The summed E-state index contributed by atoms with van der Waals surface area (Å²) in [6.07, 6.45) is -2.91. The Morgan fingerprint density at radius 2 is 2.42 bits per heavy atom. The van der Waals surface area contributed by atoms with Crippen molar-refractivity contribution >= 4 is 0 Å². The molecule has 0 amide bonds. The number of aromatic nitrogens is 2. The van der Waals surface area contributed by atoms with E-state index in [1.807, 2.05) is 4.98 Å². The first-order valence-electron chi connectivity index (χ1n) is 5.83. The maximum atomic E-state index is 11.7. The molecule has 1 aliphatic heterocycles. The molecular weight excluding hydrogens is 258 g/mol. The van der Waals surface area contributed by atoms with Crippen LogP contribution in [0.5, 0.6) is 0 Å². The minimum atomic E-state index is -1.77. The first-order chi connectivity index (χ1) is 9.45. The van der Waals surface area contributed by atoms with Crippen LogP contribution in [0.3, 0.4) is 0 Å². The van der Waals surface area contributed by atoms with Gasteiger partial charge in [-0.2, -0.15) is 0 Å². The van der Waals surface area contributed by atoms with Crippen LogP contribution in [0.4, 0.5) is 0 Å². The van der Waals surface area contributed by atoms with Gasteiger partial charge in [0.1, 0.15) is 18.4 Å². The normalized spacial score (nSPS) is 32.4. The van der Waals surface area contributed by atoms with Crippen LogP contribution in [0.15, 0.2) is 27.0 Å². The molecule has 5 atom stereocenters. The third kappa shape index (κ3) is 2.37. The van der Waals surface area contributed by atoms with E-state index in [2.05, 4.69) is 10.0 Å². The van der Waals surface area contributed by atoms with Gasteiger partial charge in [-0.1, -0.05) is 5.11 Å². The van der Waals surface area contributed by atoms with Crippen molar-refractivity contribution in [2.45, 2.75) is 24.5 Å². The van der Waals surface area contributed by atoms with Gasteiger partial charge >= 0.3 is 5.69 Å². The van der Waals surface area contributed by atoms with Crippen molar-refractivity contribution in [2.24, 2.45) is 5.11 Å². The first kappa shape index (κ1) is 11.9. The van der Waals surface area contributed by atoms with Gasteiger partial charge in [-0.15, -0.1) is 0 Å². The molecule has 19 heavy (non-hydrogen) atoms. The SMILES string of the molecule is [2H]C(O)[C@H]1O[C@@H](n2ccc(=O)[nH]c2=O)[C@H](N=[N+]=[N-])[C@@H]1O. The highest BCUT2D eigenvalue weighted by molar-refractivity contribution is 4.96. The fourth-order valence-corrected chi connectivity index (χ4v) is 1.85. The number of hydrogen-bond acceptors (Lipinski definition) is 6. The van der Waals surface area contributed by atoms with Crippen LogP contribution in [0.1, 0.15) is 7.60 Å². The van der Waals surface area contributed by atoms with Crippen molar-refractivity contribution < 1.29 is 16.3 Å². The van der Waals surface area contributed by atoms with Gasteiger partial charge in [-0.25, -0.2) is 4.79 Å². The van der Waals surface area contributed by atoms with Gasteiger partial charge in [0.15, 0.2) is 0 Å². The van der Waals surface area contributed by atoms with E-state index in [9.17, 15) is 19.8 Å². The number of aliphatic hydroxyl groups is 2. The lowest BCUT2D eigenvalue weighted by atomic mass is 10.1. The lowest BCUT2D eigenvalue weighted by Crippen LogP contribution is -2.36. The Bertz CT molecular complexity index is 651. The van der Waals surface area contributed by atoms with Gasteiger partial charge in [0.25, 0.3) is 5.56 Å². The minimum absolute atomic E-state index is 0.623. The predicted molar refractivity (Wildman–Crippen MR) is 61.3 cm³/mol. The van der Waals surface area contributed by atoms with Crippen LogP contribution < -0.4 is 11.2 Å². The highest BCUT2D eigenvalue weighted by Crippen LogP contribution is 2.30. The van der Waals surface area contributed by atoms with Crippen LogP contribution in [0.25, 0.3) is 10.4 Å². The number of aliphatic hydroxyl groups excluding tert-OH is 2. The van der Waals surface area contributed by atoms with Crippen molar-refractivity contribution in [1.82, 2.24) is 9.55 Å². The van der Waals surface area contributed by atoms with E-state index in [1.54, 1.807) is 0 Å². The quantitative estimate of drug-likeness (QED) is 0.345. The number of nitrogens with zero attached hydrogens (tertiary/aromatic N) is 4. The zero-order valence-electron chi connectivity index (χ0n) is 10.4. The molecule has 1 aromatic rings. The molecule has 2 rings (SSSR count). The van der Waals surface area contributed by atoms with Crippen molar-refractivity contribution in [3.8, 4) is 0 Å². The Morgan fingerprint density at radius 3 is 3.00 bits per heavy atom. The molecular formula is C9H11N5O5. The molecule has 0 radical (unpaired) electrons. The Kier molecular flexibility index (Phi) is 3.29. The lowest BCUT2D eigenvalue weighted by molar-refractivity contribution is -0.0464. The van der Waals surface area contributed by atoms with E-state index in [0.717, 1.165) is 16.8 Å². The number of aromatic amines is 1. The Labute approximate surface area is 106 Å². The molecule has 0 aliphatic carbocycles. The Morgan fingerprint density at radius 1 is 1.68 bits per heavy atom. The third-order valence-corrected chi connectivity index (χ3v) is 2.73. The van der Waals surface area contributed by atoms with Crippen LogP contribution in [0, 0.1) is 0 Å². The standard InChI is InChI=1S/C9H11N5O5/c10-13-12-6-7(17)4(3-15)19-8(6)14-2-1-5(16)11-9(14)18/h1-2,4,6-8,15,17H,3H2,(H,11,16,18)/t4-,6-,7-,8-/m1/s1/i3D/t3?,4-,6-,7-,8-. The molecule has 3 N–H and O–H groups in total. The summed E-state index contributed by atoms with van der Waals surface area (Å²) >= 11 is 0. The second-order valence-electron chi connectivity index (χ2n) is 3.84. The van der Waals surface area contributed by atoms with Gasteiger partial charge in [0.2, 0.25) is 0 Å². The zero-order valence-corrected chi connectivity index (χ0v) is 9.45. The summed E-state index contributed by atoms with van der Waals surface area (Å²) in [6, 6.07) is -0.164. The number of hydrogen-bond donors (Lipinski definition) is 3. The van der Waals surface area contributed by atoms with Crippen molar-refractivity contribution in [3.63, 3.8) is 0 Å². The van der Waals surface area contributed by atoms with Crippen LogP contribution in [-0.2, 0) is 4.74 Å². The number of azide groups is 1. The summed E-state index contributed by atoms with van der Waals surface area (Å²) in [7, 11) is 0. The highest BCUT2D eigenvalue weighted by atomic mass is 16.5. The summed E-state index contributed by atoms with van der Waals surface area (Å²) in [4.78, 5) is 27.2. The molecule has 1 unspecified atom stereocenters. The van der Waals surface area contributed by atoms with E-state index in [-0.39, 0.29) is 0 Å². The van der Waals surface area contributed by atoms with E-state index in [0.29, 0.717) is 0 Å². The topological polar surface area (TPSA) is 153 Å². The lowest BCUT2D eigenvalue weighted by Gasteiger charge is -2.17. The van der Waals surface area contributed by atoms with Crippen molar-refractivity contribution in [1.29, 1.82) is 0 Å². The van der Waals surface area contributed by atoms with Gasteiger partial charge < -0.3 is 14.9 Å². The van der Waals surface area contributed by atoms with Gasteiger partial charge in [0.05, 0.1) is 14.1 Å². The van der Waals surface area contributed by atoms with Gasteiger partial charge in [0, 0.05) is 17.2 Å². The second kappa shape index (κ2) is 5.24. The summed E-state index contributed by atoms with van der Waals surface area (Å²) in [5, 5.41) is 22.4. The van der Waals surface area contributed by atoms with E-state index in [1.165, 1.54) is 0 Å². The average Bonchev–Trinajstić information content (AvgIpc) is 2.68. The predicted octanol–water partition coefficient (Wildman–Crippen LogP) is -1.53. The van der Waals surface area contributed by atoms with E-state index >= 15 is 0 Å². The largest absolute Gasteiger partial charge is 0.394 e. The summed E-state index contributed by atoms with van der Waals surface area (Å²) in [5.74, 6) is 0. The number of H-pyrrole nitrogens is 1. The molecule has 102 valence electrons. The molecule has 10 nitrogen and oxygen atoms in total. The molecule has 0 bridgehead atoms. The fourth-order valence-electron chi connectivity index (χ4n) is 1.85. The van der Waals surface area contributed by atoms with E-state index < -0.39 is 42.3 Å². The van der Waals surface area contributed by atoms with Crippen LogP contribution >= 0.6 is 0 Å². The van der Waals surface area contributed by atoms with Crippen molar-refractivity contribution in [3.05, 3.63) is 43.5 Å². The zero-order chi connectivity index (χ0) is 14.9. The van der Waals surface area contributed by atoms with Gasteiger partial charge in [-0.3, -0.25) is 14.3 Å². The molecule has 1 saturated heterocycles. The monoisotopic (exact) mass is 270 g/mol. The minimum Gasteiger partial charge on any atom is -0.394 e. The molecule has 0 aromatic carbocycles. The van der Waals surface area contributed by atoms with Crippen LogP contribution in [-0.4, -0.2) is 44.6 Å². The summed E-state index contributed by atoms with van der Waals surface area (Å²) in [6.45, 7) is -1.77. The summed E-state index contributed by atoms with van der Waals surface area (Å²) in [5.41, 5.74) is 7.04. The molecule has 10 heteroatoms. The van der Waals surface area contributed by atoms with Crippen molar-refractivity contribution in [2.75, 3.05) is 6.58 Å². The van der Waals surface area contributed by atoms with E-state index in [4.69, 9.17) is 11.6 Å². The molecule has 2 heterocycles. The summed E-state index contributed by atoms with van der Waals surface area (Å²) < 4.78 is 13.3. The highest BCUT2D eigenvalue weighted by Gasteiger charge is 2.44. The van der Waals surface area contributed by atoms with Crippen LogP contribution in [0.2, 0.25) is 0 Å². The maximum absolute atomic E-state index is 11.7. The Balaban J connectivity index is 2.45. The first-order valence-corrected chi connectivity index (χ1v) is 5.25. The molecule has 0 spiro atoms. The number of nitrogens with one attached hydrogen (secondary N) is 1. The molecule has 1 aliphatic rings. The second-order valence-corrected chi connectivity index (χ2v) is 3.84. The molecule has 1 fully saturated rings. The molecule has 0 saturated carbocycles. The maximum Gasteiger partial charge on any atom is 0.330 e. The Hall–Kier alpha value is -2.13. The van der Waals surface area contributed by atoms with Gasteiger partial charge in [-0.05, 0) is 5.53 Å². The smallest absolute Gasteiger partial charge is 0.330 e.